The van der Waals surface area contributed by atoms with E-state index >= 15 is 0 Å². The van der Waals surface area contributed by atoms with Gasteiger partial charge in [-0.15, -0.1) is 0 Å². The lowest BCUT2D eigenvalue weighted by Gasteiger charge is -2.42. The number of fused-ring (bicyclic) bond motifs is 1. The van der Waals surface area contributed by atoms with Gasteiger partial charge in [-0.25, -0.2) is 9.48 Å². The Balaban J connectivity index is 1.46. The number of ether oxygens (including phenoxy) is 1. The van der Waals surface area contributed by atoms with E-state index in [9.17, 15) is 9.90 Å². The molecule has 2 aromatic carbocycles. The van der Waals surface area contributed by atoms with Gasteiger partial charge in [0.2, 0.25) is 0 Å². The van der Waals surface area contributed by atoms with Crippen molar-refractivity contribution in [2.75, 3.05) is 32.1 Å². The second-order valence-corrected chi connectivity index (χ2v) is 9.11. The normalized spacial score (nSPS) is 23.6. The summed E-state index contributed by atoms with van der Waals surface area (Å²) in [6, 6.07) is 18.9. The van der Waals surface area contributed by atoms with Crippen molar-refractivity contribution in [1.29, 1.82) is 0 Å². The number of hydrogen-bond donors (Lipinski definition) is 4. The number of anilines is 1. The van der Waals surface area contributed by atoms with E-state index in [1.165, 1.54) is 0 Å². The summed E-state index contributed by atoms with van der Waals surface area (Å²) in [5.41, 5.74) is 1.52. The van der Waals surface area contributed by atoms with E-state index in [2.05, 4.69) is 16.0 Å². The van der Waals surface area contributed by atoms with Crippen molar-refractivity contribution >= 4 is 11.8 Å². The van der Waals surface area contributed by atoms with E-state index in [4.69, 9.17) is 9.84 Å². The summed E-state index contributed by atoms with van der Waals surface area (Å²) in [5.74, 6) is 0.687. The molecule has 1 saturated heterocycles. The number of aromatic nitrogens is 2. The van der Waals surface area contributed by atoms with Gasteiger partial charge in [-0.2, -0.15) is 5.10 Å². The minimum absolute atomic E-state index is 0.332. The first-order valence-corrected chi connectivity index (χ1v) is 11.8. The van der Waals surface area contributed by atoms with Gasteiger partial charge < -0.3 is 20.5 Å². The van der Waals surface area contributed by atoms with E-state index in [1.54, 1.807) is 7.11 Å². The summed E-state index contributed by atoms with van der Waals surface area (Å²) in [7, 11) is 1.62. The molecule has 1 aliphatic carbocycles. The van der Waals surface area contributed by atoms with Gasteiger partial charge >= 0.3 is 6.03 Å². The molecule has 2 heterocycles. The zero-order valence-corrected chi connectivity index (χ0v) is 19.4. The van der Waals surface area contributed by atoms with E-state index in [0.29, 0.717) is 31.9 Å². The lowest BCUT2D eigenvalue weighted by Crippen LogP contribution is -2.63. The number of aliphatic hydroxyl groups is 1. The van der Waals surface area contributed by atoms with Gasteiger partial charge in [0.25, 0.3) is 0 Å². The Hall–Kier alpha value is -3.20. The number of nitrogens with zero attached hydrogens (tertiary/aromatic N) is 2. The van der Waals surface area contributed by atoms with Crippen LogP contribution in [0.4, 0.5) is 10.6 Å². The average Bonchev–Trinajstić information content (AvgIpc) is 3.54. The van der Waals surface area contributed by atoms with Gasteiger partial charge in [-0.1, -0.05) is 48.5 Å². The Kier molecular flexibility index (Phi) is 6.12. The number of benzene rings is 2. The summed E-state index contributed by atoms with van der Waals surface area (Å²) in [4.78, 5) is 13.5. The van der Waals surface area contributed by atoms with Crippen molar-refractivity contribution in [3.63, 3.8) is 0 Å². The third kappa shape index (κ3) is 3.87. The molecule has 0 spiro atoms. The molecule has 2 amide bonds. The van der Waals surface area contributed by atoms with E-state index in [0.717, 1.165) is 41.8 Å². The minimum Gasteiger partial charge on any atom is -0.385 e. The number of β-amino-alcohol motifs (C(OH)–C–C–N with tert-alkyl or cyclic N) is 1. The van der Waals surface area contributed by atoms with Crippen molar-refractivity contribution in [3.05, 3.63) is 77.5 Å². The van der Waals surface area contributed by atoms with E-state index < -0.39 is 11.1 Å². The highest BCUT2D eigenvalue weighted by molar-refractivity contribution is 5.90. The molecule has 1 aromatic heterocycles. The predicted octanol–water partition coefficient (Wildman–Crippen LogP) is 2.75. The van der Waals surface area contributed by atoms with E-state index in [1.807, 2.05) is 65.3 Å². The molecule has 8 nitrogen and oxygen atoms in total. The van der Waals surface area contributed by atoms with Crippen LogP contribution in [-0.2, 0) is 23.2 Å². The Morgan fingerprint density at radius 2 is 1.85 bits per heavy atom. The van der Waals surface area contributed by atoms with Crippen LogP contribution in [0.3, 0.4) is 0 Å². The Bertz CT molecular complexity index is 1150. The van der Waals surface area contributed by atoms with Gasteiger partial charge in [-0.05, 0) is 43.4 Å². The first-order chi connectivity index (χ1) is 16.6. The highest BCUT2D eigenvalue weighted by Crippen LogP contribution is 2.39. The number of methoxy groups -OCH3 is 1. The highest BCUT2D eigenvalue weighted by atomic mass is 16.5. The molecule has 4 N–H and O–H groups in total. The topological polar surface area (TPSA) is 100 Å². The summed E-state index contributed by atoms with van der Waals surface area (Å²) >= 11 is 0. The fourth-order valence-electron chi connectivity index (χ4n) is 5.28. The fraction of sp³-hybridized carbons (Fsp3) is 0.385. The molecule has 0 saturated carbocycles. The van der Waals surface area contributed by atoms with Crippen LogP contribution in [0.5, 0.6) is 0 Å². The molecule has 3 aromatic rings. The van der Waals surface area contributed by atoms with Crippen molar-refractivity contribution < 1.29 is 14.6 Å². The van der Waals surface area contributed by atoms with Crippen LogP contribution < -0.4 is 16.0 Å². The third-order valence-electron chi connectivity index (χ3n) is 7.08. The van der Waals surface area contributed by atoms with Gasteiger partial charge in [0.1, 0.15) is 11.4 Å². The number of carbonyl (C=O) groups is 1. The molecule has 0 radical (unpaired) electrons. The minimum atomic E-state index is -1.29. The molecule has 2 atom stereocenters. The number of aryl methyl sites for hydroxylation is 1. The fourth-order valence-corrected chi connectivity index (χ4v) is 5.28. The molecule has 178 valence electrons. The second-order valence-electron chi connectivity index (χ2n) is 9.11. The Morgan fingerprint density at radius 3 is 2.59 bits per heavy atom. The zero-order chi connectivity index (χ0) is 23.6. The number of nitrogens with one attached hydrogen (secondary N) is 3. The number of carbonyl (C=O) groups excluding carboxylic acids is 1. The standard InChI is InChI=1S/C26H31N5O3/c1-34-16-15-25(17-27-18-26(25,33)19-9-4-2-5-10-19)29-24(32)28-23-21-13-8-14-22(21)30-31(23)20-11-6-3-7-12-20/h2-7,9-12,27,33H,8,13-18H2,1H3,(H2,28,29,32)/t25-,26-/m1/s1. The van der Waals surface area contributed by atoms with Crippen molar-refractivity contribution in [2.45, 2.75) is 36.8 Å². The van der Waals surface area contributed by atoms with Crippen LogP contribution in [0.2, 0.25) is 0 Å². The molecule has 1 aliphatic heterocycles. The maximum Gasteiger partial charge on any atom is 0.321 e. The second kappa shape index (κ2) is 9.21. The van der Waals surface area contributed by atoms with Crippen molar-refractivity contribution in [3.8, 4) is 5.69 Å². The monoisotopic (exact) mass is 461 g/mol. The number of amides is 2. The molecule has 0 bridgehead atoms. The SMILES string of the molecule is COCC[C@@]1(NC(=O)Nc2c3c(nn2-c2ccccc2)CCC3)CNC[C@@]1(O)c1ccccc1. The largest absolute Gasteiger partial charge is 0.385 e. The highest BCUT2D eigenvalue weighted by Gasteiger charge is 2.56. The summed E-state index contributed by atoms with van der Waals surface area (Å²) in [5, 5.41) is 26.2. The first-order valence-electron chi connectivity index (χ1n) is 11.8. The molecule has 2 aliphatic rings. The van der Waals surface area contributed by atoms with Gasteiger partial charge in [-0.3, -0.25) is 5.32 Å². The summed E-state index contributed by atoms with van der Waals surface area (Å²) in [6.07, 6.45) is 3.26. The third-order valence-corrected chi connectivity index (χ3v) is 7.08. The number of urea groups is 1. The molecule has 5 rings (SSSR count). The van der Waals surface area contributed by atoms with E-state index in [-0.39, 0.29) is 6.03 Å². The van der Waals surface area contributed by atoms with Gasteiger partial charge in [0.15, 0.2) is 0 Å². The maximum atomic E-state index is 13.5. The maximum absolute atomic E-state index is 13.5. The van der Waals surface area contributed by atoms with Crippen LogP contribution in [0.15, 0.2) is 60.7 Å². The summed E-state index contributed by atoms with van der Waals surface area (Å²) in [6.45, 7) is 1.15. The van der Waals surface area contributed by atoms with Crippen LogP contribution in [-0.4, -0.2) is 53.3 Å². The van der Waals surface area contributed by atoms with Crippen LogP contribution in [0.25, 0.3) is 5.69 Å². The average molecular weight is 462 g/mol. The molecule has 0 unspecified atom stereocenters. The number of hydrogen-bond acceptors (Lipinski definition) is 5. The molecular formula is C26H31N5O3. The zero-order valence-electron chi connectivity index (χ0n) is 19.4. The quantitative estimate of drug-likeness (QED) is 0.434. The number of rotatable bonds is 7. The number of para-hydroxylation sites is 1. The first kappa shape index (κ1) is 22.6. The van der Waals surface area contributed by atoms with Gasteiger partial charge in [0.05, 0.1) is 16.9 Å². The van der Waals surface area contributed by atoms with Gasteiger partial charge in [0, 0.05) is 32.4 Å². The van der Waals surface area contributed by atoms with Crippen LogP contribution in [0, 0.1) is 0 Å². The molecular weight excluding hydrogens is 430 g/mol. The lowest BCUT2D eigenvalue weighted by molar-refractivity contribution is -0.0286. The van der Waals surface area contributed by atoms with Crippen molar-refractivity contribution in [1.82, 2.24) is 20.4 Å². The Labute approximate surface area is 199 Å². The lowest BCUT2D eigenvalue weighted by atomic mass is 9.75. The van der Waals surface area contributed by atoms with Crippen molar-refractivity contribution in [2.24, 2.45) is 0 Å². The smallest absolute Gasteiger partial charge is 0.321 e. The molecule has 8 heteroatoms. The predicted molar refractivity (Wildman–Crippen MR) is 130 cm³/mol. The molecule has 34 heavy (non-hydrogen) atoms. The summed E-state index contributed by atoms with van der Waals surface area (Å²) < 4.78 is 7.17. The van der Waals surface area contributed by atoms with Crippen LogP contribution >= 0.6 is 0 Å². The molecule has 1 fully saturated rings. The Morgan fingerprint density at radius 1 is 1.12 bits per heavy atom. The van der Waals surface area contributed by atoms with Crippen LogP contribution in [0.1, 0.15) is 29.7 Å².